The molecular formula is C24H30N6O. The summed E-state index contributed by atoms with van der Waals surface area (Å²) in [4.78, 5) is 4.86. The van der Waals surface area contributed by atoms with Crippen LogP contribution in [-0.2, 0) is 20.1 Å². The van der Waals surface area contributed by atoms with Gasteiger partial charge in [-0.1, -0.05) is 48.5 Å². The molecule has 0 radical (unpaired) electrons. The van der Waals surface area contributed by atoms with Gasteiger partial charge in [0.15, 0.2) is 11.8 Å². The van der Waals surface area contributed by atoms with Gasteiger partial charge >= 0.3 is 0 Å². The van der Waals surface area contributed by atoms with Crippen LogP contribution in [0.2, 0.25) is 0 Å². The zero-order chi connectivity index (χ0) is 21.8. The van der Waals surface area contributed by atoms with Gasteiger partial charge in [-0.3, -0.25) is 0 Å². The summed E-state index contributed by atoms with van der Waals surface area (Å²) in [6.07, 6.45) is 0.832. The smallest absolute Gasteiger partial charge is 0.192 e. The molecule has 7 nitrogen and oxygen atoms in total. The lowest BCUT2D eigenvalue weighted by Gasteiger charge is -2.38. The lowest BCUT2D eigenvalue weighted by molar-refractivity contribution is 0.0694. The van der Waals surface area contributed by atoms with Gasteiger partial charge < -0.3 is 19.9 Å². The number of aliphatic imine (C=N–C) groups is 1. The Morgan fingerprint density at radius 1 is 1.13 bits per heavy atom. The zero-order valence-corrected chi connectivity index (χ0v) is 18.6. The van der Waals surface area contributed by atoms with Crippen molar-refractivity contribution in [3.8, 4) is 5.75 Å². The van der Waals surface area contributed by atoms with E-state index in [1.54, 1.807) is 0 Å². The van der Waals surface area contributed by atoms with Crippen molar-refractivity contribution in [1.29, 1.82) is 0 Å². The molecule has 0 amide bonds. The van der Waals surface area contributed by atoms with E-state index in [0.717, 1.165) is 40.9 Å². The molecule has 0 bridgehead atoms. The van der Waals surface area contributed by atoms with E-state index in [2.05, 4.69) is 52.9 Å². The zero-order valence-electron chi connectivity index (χ0n) is 18.6. The predicted octanol–water partition coefficient (Wildman–Crippen LogP) is 3.66. The van der Waals surface area contributed by atoms with E-state index in [1.807, 2.05) is 54.9 Å². The summed E-state index contributed by atoms with van der Waals surface area (Å²) < 4.78 is 8.17. The number of hydrogen-bond donors (Lipinski definition) is 2. The third-order valence-corrected chi connectivity index (χ3v) is 5.55. The largest absolute Gasteiger partial charge is 0.487 e. The number of aryl methyl sites for hydroxylation is 1. The van der Waals surface area contributed by atoms with Gasteiger partial charge in [0.1, 0.15) is 17.2 Å². The first-order chi connectivity index (χ1) is 14.9. The van der Waals surface area contributed by atoms with Crippen LogP contribution in [0.4, 0.5) is 0 Å². The molecule has 2 N–H and O–H groups in total. The lowest BCUT2D eigenvalue weighted by Crippen LogP contribution is -2.45. The Kier molecular flexibility index (Phi) is 5.93. The van der Waals surface area contributed by atoms with Crippen LogP contribution in [0.3, 0.4) is 0 Å². The first-order valence-electron chi connectivity index (χ1n) is 10.6. The average Bonchev–Trinajstić information content (AvgIpc) is 3.07. The van der Waals surface area contributed by atoms with Gasteiger partial charge in [-0.15, -0.1) is 10.2 Å². The van der Waals surface area contributed by atoms with Crippen molar-refractivity contribution in [3.63, 3.8) is 0 Å². The third kappa shape index (κ3) is 5.05. The fraction of sp³-hybridized carbons (Fsp3) is 0.375. The Bertz CT molecular complexity index is 1060. The van der Waals surface area contributed by atoms with Gasteiger partial charge in [-0.05, 0) is 32.4 Å². The number of fused-ring (bicyclic) bond motifs is 1. The van der Waals surface area contributed by atoms with Gasteiger partial charge in [0.2, 0.25) is 0 Å². The van der Waals surface area contributed by atoms with Crippen molar-refractivity contribution in [2.75, 3.05) is 0 Å². The Morgan fingerprint density at radius 2 is 1.87 bits per heavy atom. The maximum Gasteiger partial charge on any atom is 0.192 e. The number of rotatable bonds is 5. The fourth-order valence-electron chi connectivity index (χ4n) is 3.77. The standard InChI is InChI=1S/C24H30N6O/c1-17-28-29-22(30(17)4)16-26-23(25-15-18-10-6-5-7-11-18)27-20-14-24(2,3)31-21-13-9-8-12-19(20)21/h5-13,20H,14-16H2,1-4H3,(H2,25,26,27). The highest BCUT2D eigenvalue weighted by Gasteiger charge is 2.34. The van der Waals surface area contributed by atoms with Crippen LogP contribution in [0.15, 0.2) is 59.6 Å². The second-order valence-electron chi connectivity index (χ2n) is 8.53. The summed E-state index contributed by atoms with van der Waals surface area (Å²) in [6.45, 7) is 7.30. The van der Waals surface area contributed by atoms with Gasteiger partial charge in [-0.2, -0.15) is 0 Å². The molecule has 3 aromatic rings. The number of nitrogens with zero attached hydrogens (tertiary/aromatic N) is 4. The van der Waals surface area contributed by atoms with E-state index >= 15 is 0 Å². The quantitative estimate of drug-likeness (QED) is 0.488. The molecular weight excluding hydrogens is 388 g/mol. The molecule has 2 aromatic carbocycles. The van der Waals surface area contributed by atoms with E-state index in [9.17, 15) is 0 Å². The normalized spacial score (nSPS) is 17.5. The minimum atomic E-state index is -0.267. The first kappa shape index (κ1) is 20.9. The van der Waals surface area contributed by atoms with Crippen LogP contribution < -0.4 is 15.4 Å². The SMILES string of the molecule is Cc1nnc(CNC(=NCc2ccccc2)NC2CC(C)(C)Oc3ccccc32)n1C. The number of guanidine groups is 1. The molecule has 0 saturated heterocycles. The summed E-state index contributed by atoms with van der Waals surface area (Å²) in [5.41, 5.74) is 2.04. The van der Waals surface area contributed by atoms with Crippen LogP contribution in [0.25, 0.3) is 0 Å². The molecule has 162 valence electrons. The Hall–Kier alpha value is -3.35. The molecule has 7 heteroatoms. The van der Waals surface area contributed by atoms with E-state index in [4.69, 9.17) is 9.73 Å². The van der Waals surface area contributed by atoms with Crippen LogP contribution in [0.5, 0.6) is 5.75 Å². The van der Waals surface area contributed by atoms with E-state index in [0.29, 0.717) is 13.1 Å². The van der Waals surface area contributed by atoms with Crippen molar-refractivity contribution < 1.29 is 4.74 Å². The number of para-hydroxylation sites is 1. The second kappa shape index (κ2) is 8.79. The molecule has 31 heavy (non-hydrogen) atoms. The van der Waals surface area contributed by atoms with E-state index in [1.165, 1.54) is 0 Å². The summed E-state index contributed by atoms with van der Waals surface area (Å²) >= 11 is 0. The third-order valence-electron chi connectivity index (χ3n) is 5.55. The van der Waals surface area contributed by atoms with E-state index in [-0.39, 0.29) is 11.6 Å². The van der Waals surface area contributed by atoms with Crippen molar-refractivity contribution in [1.82, 2.24) is 25.4 Å². The number of hydrogen-bond acceptors (Lipinski definition) is 4. The molecule has 0 spiro atoms. The molecule has 1 atom stereocenters. The predicted molar refractivity (Wildman–Crippen MR) is 122 cm³/mol. The maximum absolute atomic E-state index is 6.19. The Morgan fingerprint density at radius 3 is 2.61 bits per heavy atom. The topological polar surface area (TPSA) is 76.4 Å². The van der Waals surface area contributed by atoms with Crippen molar-refractivity contribution >= 4 is 5.96 Å². The summed E-state index contributed by atoms with van der Waals surface area (Å²) in [7, 11) is 1.97. The fourth-order valence-corrected chi connectivity index (χ4v) is 3.77. The molecule has 2 heterocycles. The average molecular weight is 419 g/mol. The molecule has 1 aliphatic rings. The molecule has 0 fully saturated rings. The van der Waals surface area contributed by atoms with Crippen LogP contribution in [0, 0.1) is 6.92 Å². The highest BCUT2D eigenvalue weighted by Crippen LogP contribution is 2.39. The molecule has 0 aliphatic carbocycles. The molecule has 0 saturated carbocycles. The summed E-state index contributed by atoms with van der Waals surface area (Å²) in [5, 5.41) is 15.5. The van der Waals surface area contributed by atoms with Crippen LogP contribution in [-0.4, -0.2) is 26.3 Å². The summed E-state index contributed by atoms with van der Waals surface area (Å²) in [5.74, 6) is 3.40. The minimum absolute atomic E-state index is 0.0863. The van der Waals surface area contributed by atoms with Crippen molar-refractivity contribution in [2.24, 2.45) is 12.0 Å². The Balaban J connectivity index is 1.57. The highest BCUT2D eigenvalue weighted by atomic mass is 16.5. The maximum atomic E-state index is 6.19. The number of nitrogens with one attached hydrogen (secondary N) is 2. The monoisotopic (exact) mass is 418 g/mol. The summed E-state index contributed by atoms with van der Waals surface area (Å²) in [6, 6.07) is 18.5. The van der Waals surface area contributed by atoms with Gasteiger partial charge in [0.25, 0.3) is 0 Å². The van der Waals surface area contributed by atoms with Gasteiger partial charge in [-0.25, -0.2) is 4.99 Å². The van der Waals surface area contributed by atoms with Crippen LogP contribution >= 0.6 is 0 Å². The lowest BCUT2D eigenvalue weighted by atomic mass is 9.90. The molecule has 1 aromatic heterocycles. The number of aromatic nitrogens is 3. The number of benzene rings is 2. The van der Waals surface area contributed by atoms with Crippen molar-refractivity contribution in [2.45, 2.75) is 51.9 Å². The van der Waals surface area contributed by atoms with Gasteiger partial charge in [0, 0.05) is 19.0 Å². The first-order valence-corrected chi connectivity index (χ1v) is 10.6. The second-order valence-corrected chi connectivity index (χ2v) is 8.53. The minimum Gasteiger partial charge on any atom is -0.487 e. The number of ether oxygens (including phenoxy) is 1. The van der Waals surface area contributed by atoms with Gasteiger partial charge in [0.05, 0.1) is 19.1 Å². The molecule has 4 rings (SSSR count). The molecule has 1 unspecified atom stereocenters. The van der Waals surface area contributed by atoms with Crippen molar-refractivity contribution in [3.05, 3.63) is 77.4 Å². The highest BCUT2D eigenvalue weighted by molar-refractivity contribution is 5.80. The van der Waals surface area contributed by atoms with Crippen LogP contribution in [0.1, 0.15) is 49.1 Å². The Labute approximate surface area is 183 Å². The molecule has 1 aliphatic heterocycles. The van der Waals surface area contributed by atoms with E-state index < -0.39 is 0 Å².